The molecule has 0 radical (unpaired) electrons. The van der Waals surface area contributed by atoms with E-state index in [1.54, 1.807) is 30.3 Å². The van der Waals surface area contributed by atoms with Gasteiger partial charge in [-0.3, -0.25) is 0 Å². The molecule has 0 aliphatic carbocycles. The number of rotatable bonds is 2. The van der Waals surface area contributed by atoms with Gasteiger partial charge in [0.1, 0.15) is 0 Å². The molecule has 2 rings (SSSR count). The number of methoxy groups -OCH3 is 1. The number of ether oxygens (including phenoxy) is 1. The first-order valence-corrected chi connectivity index (χ1v) is 5.38. The lowest BCUT2D eigenvalue weighted by atomic mass is 10.0. The molecule has 2 aromatic carbocycles. The van der Waals surface area contributed by atoms with Gasteiger partial charge in [-0.25, -0.2) is 4.39 Å². The molecule has 0 spiro atoms. The van der Waals surface area contributed by atoms with Crippen LogP contribution in [0.4, 0.5) is 10.1 Å². The van der Waals surface area contributed by atoms with Crippen LogP contribution in [-0.2, 0) is 0 Å². The second-order valence-corrected chi connectivity index (χ2v) is 4.02. The van der Waals surface area contributed by atoms with Crippen LogP contribution in [0.2, 0.25) is 5.02 Å². The van der Waals surface area contributed by atoms with Crippen LogP contribution >= 0.6 is 11.6 Å². The van der Waals surface area contributed by atoms with E-state index in [0.29, 0.717) is 21.8 Å². The van der Waals surface area contributed by atoms with Crippen LogP contribution in [0.15, 0.2) is 36.4 Å². The highest BCUT2D eigenvalue weighted by Gasteiger charge is 2.08. The lowest BCUT2D eigenvalue weighted by Gasteiger charge is -2.08. The predicted octanol–water partition coefficient (Wildman–Crippen LogP) is 3.74. The van der Waals surface area contributed by atoms with Gasteiger partial charge in [0.2, 0.25) is 0 Å². The Bertz CT molecular complexity index is 557. The van der Waals surface area contributed by atoms with Crippen LogP contribution in [-0.4, -0.2) is 7.11 Å². The molecule has 17 heavy (non-hydrogen) atoms. The molecule has 0 aliphatic rings. The Morgan fingerprint density at radius 3 is 2.59 bits per heavy atom. The van der Waals surface area contributed by atoms with Crippen molar-refractivity contribution in [3.63, 3.8) is 0 Å². The molecule has 2 N–H and O–H groups in total. The lowest BCUT2D eigenvalue weighted by Crippen LogP contribution is -1.92. The van der Waals surface area contributed by atoms with E-state index >= 15 is 0 Å². The quantitative estimate of drug-likeness (QED) is 0.826. The molecule has 0 aromatic heterocycles. The van der Waals surface area contributed by atoms with E-state index in [-0.39, 0.29) is 5.75 Å². The summed E-state index contributed by atoms with van der Waals surface area (Å²) in [5.74, 6) is -0.223. The van der Waals surface area contributed by atoms with Gasteiger partial charge in [-0.15, -0.1) is 0 Å². The topological polar surface area (TPSA) is 35.2 Å². The zero-order chi connectivity index (χ0) is 12.4. The molecule has 0 unspecified atom stereocenters. The van der Waals surface area contributed by atoms with E-state index < -0.39 is 5.82 Å². The normalized spacial score (nSPS) is 10.3. The fourth-order valence-electron chi connectivity index (χ4n) is 1.61. The summed E-state index contributed by atoms with van der Waals surface area (Å²) in [5.41, 5.74) is 7.76. The maximum atomic E-state index is 13.6. The fourth-order valence-corrected chi connectivity index (χ4v) is 1.78. The van der Waals surface area contributed by atoms with Crippen LogP contribution in [0.25, 0.3) is 11.1 Å². The van der Waals surface area contributed by atoms with E-state index in [1.807, 2.05) is 0 Å². The standard InChI is InChI=1S/C13H11ClFNO/c1-17-13-5-2-8(6-11(13)15)10-7-9(14)3-4-12(10)16/h2-7H,16H2,1H3. The minimum absolute atomic E-state index is 0.203. The van der Waals surface area contributed by atoms with Crippen molar-refractivity contribution < 1.29 is 9.13 Å². The molecular weight excluding hydrogens is 241 g/mol. The number of nitrogens with two attached hydrogens (primary N) is 1. The van der Waals surface area contributed by atoms with Crippen LogP contribution < -0.4 is 10.5 Å². The highest BCUT2D eigenvalue weighted by Crippen LogP contribution is 2.31. The van der Waals surface area contributed by atoms with E-state index in [9.17, 15) is 4.39 Å². The van der Waals surface area contributed by atoms with Crippen LogP contribution in [0.1, 0.15) is 0 Å². The van der Waals surface area contributed by atoms with Gasteiger partial charge in [-0.05, 0) is 35.9 Å². The Morgan fingerprint density at radius 1 is 1.18 bits per heavy atom. The Hall–Kier alpha value is -1.74. The third-order valence-corrected chi connectivity index (χ3v) is 2.71. The Labute approximate surface area is 104 Å². The van der Waals surface area contributed by atoms with Crippen LogP contribution in [0, 0.1) is 5.82 Å². The van der Waals surface area contributed by atoms with Gasteiger partial charge in [-0.2, -0.15) is 0 Å². The average molecular weight is 252 g/mol. The average Bonchev–Trinajstić information content (AvgIpc) is 2.32. The highest BCUT2D eigenvalue weighted by molar-refractivity contribution is 6.31. The minimum atomic E-state index is -0.427. The molecule has 0 saturated carbocycles. The first-order valence-electron chi connectivity index (χ1n) is 5.01. The summed E-state index contributed by atoms with van der Waals surface area (Å²) in [6.45, 7) is 0. The summed E-state index contributed by atoms with van der Waals surface area (Å²) in [4.78, 5) is 0. The summed E-state index contributed by atoms with van der Waals surface area (Å²) >= 11 is 5.89. The number of hydrogen-bond donors (Lipinski definition) is 1. The molecule has 0 amide bonds. The maximum Gasteiger partial charge on any atom is 0.165 e. The SMILES string of the molecule is COc1ccc(-c2cc(Cl)ccc2N)cc1F. The third kappa shape index (κ3) is 2.34. The van der Waals surface area contributed by atoms with Gasteiger partial charge in [0.25, 0.3) is 0 Å². The second kappa shape index (κ2) is 4.63. The number of benzene rings is 2. The van der Waals surface area contributed by atoms with Crippen molar-refractivity contribution in [1.82, 2.24) is 0 Å². The van der Waals surface area contributed by atoms with Crippen LogP contribution in [0.3, 0.4) is 0 Å². The molecule has 0 saturated heterocycles. The molecule has 4 heteroatoms. The molecule has 0 heterocycles. The fraction of sp³-hybridized carbons (Fsp3) is 0.0769. The van der Waals surface area contributed by atoms with Gasteiger partial charge in [-0.1, -0.05) is 17.7 Å². The highest BCUT2D eigenvalue weighted by atomic mass is 35.5. The summed E-state index contributed by atoms with van der Waals surface area (Å²) in [6, 6.07) is 9.77. The first kappa shape index (κ1) is 11.7. The third-order valence-electron chi connectivity index (χ3n) is 2.48. The molecule has 88 valence electrons. The van der Waals surface area contributed by atoms with Crippen molar-refractivity contribution in [2.45, 2.75) is 0 Å². The molecule has 0 aliphatic heterocycles. The number of hydrogen-bond acceptors (Lipinski definition) is 2. The summed E-state index contributed by atoms with van der Waals surface area (Å²) < 4.78 is 18.4. The summed E-state index contributed by atoms with van der Waals surface area (Å²) in [5, 5.41) is 0.561. The molecule has 0 bridgehead atoms. The Morgan fingerprint density at radius 2 is 1.94 bits per heavy atom. The molecule has 0 atom stereocenters. The van der Waals surface area contributed by atoms with Gasteiger partial charge in [0.15, 0.2) is 11.6 Å². The predicted molar refractivity (Wildman–Crippen MR) is 67.8 cm³/mol. The maximum absolute atomic E-state index is 13.6. The molecular formula is C13H11ClFNO. The zero-order valence-electron chi connectivity index (χ0n) is 9.21. The monoisotopic (exact) mass is 251 g/mol. The number of nitrogen functional groups attached to an aromatic ring is 1. The molecule has 0 fully saturated rings. The Kier molecular flexibility index (Phi) is 3.20. The van der Waals surface area contributed by atoms with Crippen LogP contribution in [0.5, 0.6) is 5.75 Å². The summed E-state index contributed by atoms with van der Waals surface area (Å²) in [6.07, 6.45) is 0. The van der Waals surface area contributed by atoms with Crippen molar-refractivity contribution in [3.05, 3.63) is 47.2 Å². The van der Waals surface area contributed by atoms with E-state index in [2.05, 4.69) is 0 Å². The summed E-state index contributed by atoms with van der Waals surface area (Å²) in [7, 11) is 1.42. The first-order chi connectivity index (χ1) is 8.11. The number of halogens is 2. The second-order valence-electron chi connectivity index (χ2n) is 3.58. The van der Waals surface area contributed by atoms with Crippen molar-refractivity contribution in [2.75, 3.05) is 12.8 Å². The smallest absolute Gasteiger partial charge is 0.165 e. The van der Waals surface area contributed by atoms with Crippen molar-refractivity contribution >= 4 is 17.3 Å². The van der Waals surface area contributed by atoms with Crippen molar-refractivity contribution in [3.8, 4) is 16.9 Å². The largest absolute Gasteiger partial charge is 0.494 e. The van der Waals surface area contributed by atoms with E-state index in [4.69, 9.17) is 22.1 Å². The van der Waals surface area contributed by atoms with E-state index in [0.717, 1.165) is 0 Å². The van der Waals surface area contributed by atoms with Gasteiger partial charge in [0, 0.05) is 16.3 Å². The molecule has 2 aromatic rings. The van der Waals surface area contributed by atoms with Crippen molar-refractivity contribution in [1.29, 1.82) is 0 Å². The zero-order valence-corrected chi connectivity index (χ0v) is 9.96. The minimum Gasteiger partial charge on any atom is -0.494 e. The molecule has 2 nitrogen and oxygen atoms in total. The van der Waals surface area contributed by atoms with Crippen molar-refractivity contribution in [2.24, 2.45) is 0 Å². The van der Waals surface area contributed by atoms with E-state index in [1.165, 1.54) is 13.2 Å². The Balaban J connectivity index is 2.53. The van der Waals surface area contributed by atoms with Gasteiger partial charge < -0.3 is 10.5 Å². The lowest BCUT2D eigenvalue weighted by molar-refractivity contribution is 0.386. The van der Waals surface area contributed by atoms with Gasteiger partial charge >= 0.3 is 0 Å². The number of anilines is 1. The van der Waals surface area contributed by atoms with Gasteiger partial charge in [0.05, 0.1) is 7.11 Å².